The van der Waals surface area contributed by atoms with Crippen molar-refractivity contribution in [3.8, 4) is 0 Å². The molecule has 0 saturated carbocycles. The number of hydrogen-bond donors (Lipinski definition) is 2. The molecule has 0 aromatic rings. The number of aliphatic hydroxyl groups is 2. The van der Waals surface area contributed by atoms with Crippen LogP contribution in [-0.4, -0.2) is 46.3 Å². The topological polar surface area (TPSA) is 49.7 Å². The molecule has 0 aromatic heterocycles. The second kappa shape index (κ2) is 15.0. The number of unbranched alkanes of at least 4 members (excludes halogenated alkanes) is 1. The molecule has 3 nitrogen and oxygen atoms in total. The molecule has 0 aliphatic rings. The maximum atomic E-state index is 8.09. The van der Waals surface area contributed by atoms with Gasteiger partial charge in [0.1, 0.15) is 9.67 Å². The first-order valence-electron chi connectivity index (χ1n) is 4.40. The highest BCUT2D eigenvalue weighted by Crippen LogP contribution is 2.05. The van der Waals surface area contributed by atoms with E-state index in [-0.39, 0.29) is 26.4 Å². The second-order valence-electron chi connectivity index (χ2n) is 2.47. The van der Waals surface area contributed by atoms with Crippen molar-refractivity contribution < 1.29 is 14.9 Å². The van der Waals surface area contributed by atoms with Crippen molar-refractivity contribution in [3.63, 3.8) is 0 Å². The molecular weight excluding hydrogens is 286 g/mol. The first-order valence-corrected chi connectivity index (χ1v) is 6.14. The quantitative estimate of drug-likeness (QED) is 0.561. The summed E-state index contributed by atoms with van der Waals surface area (Å²) in [6.45, 7) is 0.916. The van der Waals surface area contributed by atoms with Crippen LogP contribution in [0.15, 0.2) is 0 Å². The molecule has 2 N–H and O–H groups in total. The lowest BCUT2D eigenvalue weighted by molar-refractivity contribution is 0.155. The van der Waals surface area contributed by atoms with Gasteiger partial charge in [0.15, 0.2) is 0 Å². The van der Waals surface area contributed by atoms with Crippen molar-refractivity contribution in [2.45, 2.75) is 22.5 Å². The summed E-state index contributed by atoms with van der Waals surface area (Å²) in [6, 6.07) is 0. The average molecular weight is 302 g/mol. The molecule has 0 atom stereocenters. The number of aliphatic hydroxyl groups excluding tert-OH is 2. The fourth-order valence-corrected chi connectivity index (χ4v) is 0.826. The van der Waals surface area contributed by atoms with E-state index in [1.165, 1.54) is 0 Å². The van der Waals surface area contributed by atoms with Crippen LogP contribution in [0.2, 0.25) is 0 Å². The maximum Gasteiger partial charge on any atom is 0.131 e. The summed E-state index contributed by atoms with van der Waals surface area (Å²) >= 11 is 21.3. The van der Waals surface area contributed by atoms with Crippen molar-refractivity contribution >= 4 is 46.4 Å². The molecule has 0 spiro atoms. The van der Waals surface area contributed by atoms with E-state index in [4.69, 9.17) is 61.4 Å². The molecule has 0 amide bonds. The van der Waals surface area contributed by atoms with Crippen LogP contribution in [0.4, 0.5) is 0 Å². The second-order valence-corrected chi connectivity index (χ2v) is 5.03. The number of hydrogen-bond acceptors (Lipinski definition) is 3. The number of ether oxygens (including phenoxy) is 1. The molecule has 0 heterocycles. The van der Waals surface area contributed by atoms with Crippen LogP contribution in [0.1, 0.15) is 12.8 Å². The molecule has 0 aliphatic carbocycles. The predicted molar refractivity (Wildman–Crippen MR) is 65.2 cm³/mol. The Morgan fingerprint density at radius 1 is 0.800 bits per heavy atom. The molecule has 15 heavy (non-hydrogen) atoms. The molecule has 0 fully saturated rings. The van der Waals surface area contributed by atoms with E-state index < -0.39 is 9.67 Å². The monoisotopic (exact) mass is 300 g/mol. The Hall–Kier alpha value is 1.04. The first-order chi connectivity index (χ1) is 7.04. The van der Waals surface area contributed by atoms with Gasteiger partial charge in [0, 0.05) is 13.2 Å². The lowest BCUT2D eigenvalue weighted by atomic mass is 10.3. The minimum absolute atomic E-state index is 0.195. The van der Waals surface area contributed by atoms with Gasteiger partial charge in [-0.2, -0.15) is 0 Å². The average Bonchev–Trinajstić information content (AvgIpc) is 2.14. The highest BCUT2D eigenvalue weighted by Gasteiger charge is 2.01. The van der Waals surface area contributed by atoms with E-state index in [0.29, 0.717) is 0 Å². The van der Waals surface area contributed by atoms with Gasteiger partial charge in [0.05, 0.1) is 13.2 Å². The summed E-state index contributed by atoms with van der Waals surface area (Å²) in [7, 11) is 0. The molecule has 7 heteroatoms. The Morgan fingerprint density at radius 3 is 1.33 bits per heavy atom. The predicted octanol–water partition coefficient (Wildman–Crippen LogP) is 2.36. The molecule has 0 saturated heterocycles. The zero-order chi connectivity index (χ0) is 12.1. The Kier molecular flexibility index (Phi) is 18.5. The third kappa shape index (κ3) is 25.4. The molecule has 0 radical (unpaired) electrons. The minimum atomic E-state index is -0.503. The Labute approximate surface area is 110 Å². The summed E-state index contributed by atoms with van der Waals surface area (Å²) in [4.78, 5) is -1.01. The van der Waals surface area contributed by atoms with E-state index in [1.807, 2.05) is 0 Å². The molecule has 0 unspecified atom stereocenters. The number of alkyl halides is 4. The van der Waals surface area contributed by atoms with Crippen LogP contribution >= 0.6 is 46.4 Å². The van der Waals surface area contributed by atoms with Crippen LogP contribution in [-0.2, 0) is 4.74 Å². The van der Waals surface area contributed by atoms with Gasteiger partial charge in [-0.3, -0.25) is 0 Å². The largest absolute Gasteiger partial charge is 0.396 e. The van der Waals surface area contributed by atoms with Crippen LogP contribution in [0, 0.1) is 0 Å². The molecule has 0 bridgehead atoms. The summed E-state index contributed by atoms with van der Waals surface area (Å²) in [6.07, 6.45) is 1.44. The highest BCUT2D eigenvalue weighted by molar-refractivity contribution is 6.44. The van der Waals surface area contributed by atoms with Crippen LogP contribution in [0.5, 0.6) is 0 Å². The van der Waals surface area contributed by atoms with Gasteiger partial charge >= 0.3 is 0 Å². The molecule has 0 aromatic carbocycles. The van der Waals surface area contributed by atoms with Crippen molar-refractivity contribution in [2.75, 3.05) is 26.4 Å². The van der Waals surface area contributed by atoms with Crippen molar-refractivity contribution in [1.82, 2.24) is 0 Å². The third-order valence-electron chi connectivity index (χ3n) is 1.05. The normalized spacial score (nSPS) is 10.4. The van der Waals surface area contributed by atoms with E-state index in [9.17, 15) is 0 Å². The van der Waals surface area contributed by atoms with Crippen molar-refractivity contribution in [2.24, 2.45) is 0 Å². The standard InChI is InChI=1S/C4H6Cl4O.C4H10O2/c5-3(6)1-9-2-4(7)8;5-3-1-2-4-6/h3-4H,1-2H2;5-6H,1-4H2. The van der Waals surface area contributed by atoms with Crippen LogP contribution in [0.25, 0.3) is 0 Å². The zero-order valence-corrected chi connectivity index (χ0v) is 11.2. The van der Waals surface area contributed by atoms with Gasteiger partial charge in [-0.25, -0.2) is 0 Å². The van der Waals surface area contributed by atoms with Crippen LogP contribution < -0.4 is 0 Å². The molecule has 0 rings (SSSR count). The Morgan fingerprint density at radius 2 is 1.13 bits per heavy atom. The number of rotatable bonds is 7. The van der Waals surface area contributed by atoms with Crippen molar-refractivity contribution in [3.05, 3.63) is 0 Å². The van der Waals surface area contributed by atoms with Gasteiger partial charge in [0.25, 0.3) is 0 Å². The molecule has 0 aliphatic heterocycles. The Bertz CT molecular complexity index is 102. The van der Waals surface area contributed by atoms with E-state index in [2.05, 4.69) is 0 Å². The fourth-order valence-electron chi connectivity index (χ4n) is 0.470. The first kappa shape index (κ1) is 18.4. The van der Waals surface area contributed by atoms with Gasteiger partial charge in [0.2, 0.25) is 0 Å². The van der Waals surface area contributed by atoms with Gasteiger partial charge < -0.3 is 14.9 Å². The zero-order valence-electron chi connectivity index (χ0n) is 8.21. The lowest BCUT2D eigenvalue weighted by Gasteiger charge is -2.03. The van der Waals surface area contributed by atoms with E-state index >= 15 is 0 Å². The highest BCUT2D eigenvalue weighted by atomic mass is 35.5. The fraction of sp³-hybridized carbons (Fsp3) is 1.00. The van der Waals surface area contributed by atoms with Gasteiger partial charge in [-0.1, -0.05) is 0 Å². The number of halogens is 4. The maximum absolute atomic E-state index is 8.09. The van der Waals surface area contributed by atoms with E-state index in [0.717, 1.165) is 12.8 Å². The van der Waals surface area contributed by atoms with Crippen molar-refractivity contribution in [1.29, 1.82) is 0 Å². The minimum Gasteiger partial charge on any atom is -0.396 e. The SMILES string of the molecule is ClC(Cl)COCC(Cl)Cl.OCCCCO. The lowest BCUT2D eigenvalue weighted by Crippen LogP contribution is -2.07. The molecule has 94 valence electrons. The van der Waals surface area contributed by atoms with Crippen LogP contribution in [0.3, 0.4) is 0 Å². The smallest absolute Gasteiger partial charge is 0.131 e. The van der Waals surface area contributed by atoms with Gasteiger partial charge in [-0.15, -0.1) is 46.4 Å². The summed E-state index contributed by atoms with van der Waals surface area (Å²) in [5.41, 5.74) is 0. The molecular formula is C8H16Cl4O3. The summed E-state index contributed by atoms with van der Waals surface area (Å²) in [5, 5.41) is 16.2. The third-order valence-corrected chi connectivity index (χ3v) is 1.56. The Balaban J connectivity index is 0. The van der Waals surface area contributed by atoms with E-state index in [1.54, 1.807) is 0 Å². The summed E-state index contributed by atoms with van der Waals surface area (Å²) < 4.78 is 4.83. The summed E-state index contributed by atoms with van der Waals surface area (Å²) in [5.74, 6) is 0. The van der Waals surface area contributed by atoms with Gasteiger partial charge in [-0.05, 0) is 12.8 Å².